The topological polar surface area (TPSA) is 49.8 Å². The molecule has 1 atom stereocenters. The molecule has 0 spiro atoms. The van der Waals surface area contributed by atoms with Crippen LogP contribution in [0.15, 0.2) is 18.2 Å². The van der Waals surface area contributed by atoms with Gasteiger partial charge in [0.05, 0.1) is 12.5 Å². The van der Waals surface area contributed by atoms with Crippen LogP contribution in [-0.2, 0) is 0 Å². The maximum atomic E-state index is 8.44. The Bertz CT molecular complexity index is 326. The second kappa shape index (κ2) is 6.10. The van der Waals surface area contributed by atoms with Gasteiger partial charge in [-0.3, -0.25) is 0 Å². The highest BCUT2D eigenvalue weighted by atomic mass is 35.5. The Morgan fingerprint density at radius 2 is 1.79 bits per heavy atom. The predicted molar refractivity (Wildman–Crippen MR) is 60.9 cm³/mol. The molecule has 0 radical (unpaired) electrons. The van der Waals surface area contributed by atoms with Crippen LogP contribution in [-0.4, -0.2) is 0 Å². The minimum Gasteiger partial charge on any atom is -0.323 e. The van der Waals surface area contributed by atoms with Crippen LogP contribution in [0.4, 0.5) is 0 Å². The van der Waals surface area contributed by atoms with E-state index in [9.17, 15) is 0 Å². The number of hydrogen-bond acceptors (Lipinski definition) is 2. The third-order valence-electron chi connectivity index (χ3n) is 1.62. The van der Waals surface area contributed by atoms with Crippen molar-refractivity contribution in [3.05, 3.63) is 33.8 Å². The lowest BCUT2D eigenvalue weighted by Crippen LogP contribution is -2.08. The Morgan fingerprint density at radius 1 is 1.29 bits per heavy atom. The Balaban J connectivity index is 0.00000169. The number of nitriles is 1. The highest BCUT2D eigenvalue weighted by Crippen LogP contribution is 2.23. The average Bonchev–Trinajstić information content (AvgIpc) is 2.03. The van der Waals surface area contributed by atoms with Crippen LogP contribution >= 0.6 is 35.6 Å². The number of hydrogen-bond donors (Lipinski definition) is 1. The first-order valence-corrected chi connectivity index (χ1v) is 4.47. The van der Waals surface area contributed by atoms with Gasteiger partial charge < -0.3 is 5.73 Å². The molecular weight excluding hydrogens is 242 g/mol. The molecule has 0 aliphatic rings. The molecule has 1 aromatic rings. The number of nitrogens with zero attached hydrogens (tertiary/aromatic N) is 1. The zero-order chi connectivity index (χ0) is 9.84. The number of rotatable bonds is 2. The van der Waals surface area contributed by atoms with E-state index >= 15 is 0 Å². The van der Waals surface area contributed by atoms with E-state index in [1.54, 1.807) is 18.2 Å². The molecule has 76 valence electrons. The van der Waals surface area contributed by atoms with Crippen LogP contribution in [0, 0.1) is 11.3 Å². The van der Waals surface area contributed by atoms with Crippen LogP contribution < -0.4 is 5.73 Å². The molecule has 14 heavy (non-hydrogen) atoms. The zero-order valence-electron chi connectivity index (χ0n) is 7.21. The molecule has 0 aliphatic heterocycles. The summed E-state index contributed by atoms with van der Waals surface area (Å²) in [6, 6.07) is 6.74. The Kier molecular flexibility index (Phi) is 5.90. The lowest BCUT2D eigenvalue weighted by Gasteiger charge is -2.08. The zero-order valence-corrected chi connectivity index (χ0v) is 9.53. The van der Waals surface area contributed by atoms with Crippen LogP contribution in [0.2, 0.25) is 10.0 Å². The maximum Gasteiger partial charge on any atom is 0.0641 e. The fraction of sp³-hybridized carbons (Fsp3) is 0.222. The molecule has 2 nitrogen and oxygen atoms in total. The molecule has 0 bridgehead atoms. The summed E-state index contributed by atoms with van der Waals surface area (Å²) in [6.45, 7) is 0. The Morgan fingerprint density at radius 3 is 2.21 bits per heavy atom. The predicted octanol–water partition coefficient (Wildman–Crippen LogP) is 3.33. The second-order valence-electron chi connectivity index (χ2n) is 2.67. The van der Waals surface area contributed by atoms with E-state index in [1.807, 2.05) is 6.07 Å². The third kappa shape index (κ3) is 3.73. The molecular formula is C9H9Cl3N2. The molecule has 0 amide bonds. The van der Waals surface area contributed by atoms with Crippen molar-refractivity contribution in [2.45, 2.75) is 12.5 Å². The molecule has 0 aliphatic carbocycles. The molecule has 0 aromatic heterocycles. The Hall–Kier alpha value is -0.460. The van der Waals surface area contributed by atoms with Crippen LogP contribution in [0.1, 0.15) is 18.0 Å². The SMILES string of the molecule is Cl.N#CC[C@@H](N)c1cc(Cl)cc(Cl)c1. The maximum absolute atomic E-state index is 8.44. The largest absolute Gasteiger partial charge is 0.323 e. The summed E-state index contributed by atoms with van der Waals surface area (Å²) >= 11 is 11.5. The first-order chi connectivity index (χ1) is 6.13. The van der Waals surface area contributed by atoms with E-state index in [2.05, 4.69) is 0 Å². The number of nitrogens with two attached hydrogens (primary N) is 1. The van der Waals surface area contributed by atoms with Crippen LogP contribution in [0.25, 0.3) is 0 Å². The molecule has 5 heteroatoms. The van der Waals surface area contributed by atoms with Crippen molar-refractivity contribution >= 4 is 35.6 Å². The summed E-state index contributed by atoms with van der Waals surface area (Å²) in [6.07, 6.45) is 0.261. The lowest BCUT2D eigenvalue weighted by atomic mass is 10.1. The standard InChI is InChI=1S/C9H8Cl2N2.ClH/c10-7-3-6(4-8(11)5-7)9(13)1-2-12;/h3-5,9H,1,13H2;1H/t9-;/m1./s1. The van der Waals surface area contributed by atoms with Gasteiger partial charge in [-0.05, 0) is 23.8 Å². The van der Waals surface area contributed by atoms with Gasteiger partial charge in [-0.25, -0.2) is 0 Å². The monoisotopic (exact) mass is 250 g/mol. The van der Waals surface area contributed by atoms with E-state index in [-0.39, 0.29) is 24.9 Å². The molecule has 0 saturated carbocycles. The van der Waals surface area contributed by atoms with Crippen molar-refractivity contribution in [3.63, 3.8) is 0 Å². The van der Waals surface area contributed by atoms with Gasteiger partial charge in [0.2, 0.25) is 0 Å². The van der Waals surface area contributed by atoms with Crippen LogP contribution in [0.3, 0.4) is 0 Å². The first kappa shape index (κ1) is 13.5. The molecule has 0 heterocycles. The smallest absolute Gasteiger partial charge is 0.0641 e. The van der Waals surface area contributed by atoms with Crippen molar-refractivity contribution < 1.29 is 0 Å². The fourth-order valence-electron chi connectivity index (χ4n) is 1.01. The average molecular weight is 252 g/mol. The fourth-order valence-corrected chi connectivity index (χ4v) is 1.55. The molecule has 0 unspecified atom stereocenters. The Labute approximate surface area is 99.0 Å². The highest BCUT2D eigenvalue weighted by molar-refractivity contribution is 6.34. The van der Waals surface area contributed by atoms with Crippen molar-refractivity contribution in [2.24, 2.45) is 5.73 Å². The molecule has 0 fully saturated rings. The third-order valence-corrected chi connectivity index (χ3v) is 2.06. The van der Waals surface area contributed by atoms with E-state index in [0.717, 1.165) is 5.56 Å². The second-order valence-corrected chi connectivity index (χ2v) is 3.54. The normalized spacial score (nSPS) is 11.3. The molecule has 0 saturated heterocycles. The van der Waals surface area contributed by atoms with Gasteiger partial charge in [0.25, 0.3) is 0 Å². The van der Waals surface area contributed by atoms with E-state index in [0.29, 0.717) is 10.0 Å². The van der Waals surface area contributed by atoms with Gasteiger partial charge in [-0.2, -0.15) is 5.26 Å². The van der Waals surface area contributed by atoms with Gasteiger partial charge in [0.15, 0.2) is 0 Å². The van der Waals surface area contributed by atoms with E-state index in [1.165, 1.54) is 0 Å². The summed E-state index contributed by atoms with van der Waals surface area (Å²) in [5.74, 6) is 0. The summed E-state index contributed by atoms with van der Waals surface area (Å²) in [7, 11) is 0. The first-order valence-electron chi connectivity index (χ1n) is 3.72. The van der Waals surface area contributed by atoms with Crippen molar-refractivity contribution in [3.8, 4) is 6.07 Å². The van der Waals surface area contributed by atoms with Gasteiger partial charge in [-0.1, -0.05) is 23.2 Å². The minimum atomic E-state index is -0.318. The minimum absolute atomic E-state index is 0. The van der Waals surface area contributed by atoms with Crippen molar-refractivity contribution in [2.75, 3.05) is 0 Å². The molecule has 2 N–H and O–H groups in total. The van der Waals surface area contributed by atoms with Gasteiger partial charge >= 0.3 is 0 Å². The number of benzene rings is 1. The van der Waals surface area contributed by atoms with Crippen molar-refractivity contribution in [1.29, 1.82) is 5.26 Å². The molecule has 1 rings (SSSR count). The number of halogens is 3. The summed E-state index contributed by atoms with van der Waals surface area (Å²) in [5.41, 5.74) is 6.49. The molecule has 1 aromatic carbocycles. The quantitative estimate of drug-likeness (QED) is 0.876. The summed E-state index contributed by atoms with van der Waals surface area (Å²) in [5, 5.41) is 9.52. The summed E-state index contributed by atoms with van der Waals surface area (Å²) < 4.78 is 0. The highest BCUT2D eigenvalue weighted by Gasteiger charge is 2.06. The van der Waals surface area contributed by atoms with Gasteiger partial charge in [0, 0.05) is 16.1 Å². The van der Waals surface area contributed by atoms with Gasteiger partial charge in [-0.15, -0.1) is 12.4 Å². The van der Waals surface area contributed by atoms with E-state index < -0.39 is 0 Å². The van der Waals surface area contributed by atoms with E-state index in [4.69, 9.17) is 34.2 Å². The van der Waals surface area contributed by atoms with Crippen LogP contribution in [0.5, 0.6) is 0 Å². The van der Waals surface area contributed by atoms with Crippen molar-refractivity contribution in [1.82, 2.24) is 0 Å². The summed E-state index contributed by atoms with van der Waals surface area (Å²) in [4.78, 5) is 0. The van der Waals surface area contributed by atoms with Gasteiger partial charge in [0.1, 0.15) is 0 Å². The lowest BCUT2D eigenvalue weighted by molar-refractivity contribution is 0.749.